The van der Waals surface area contributed by atoms with Crippen LogP contribution in [0.1, 0.15) is 29.8 Å². The molecular weight excluding hydrogens is 338 g/mol. The van der Waals surface area contributed by atoms with Gasteiger partial charge in [-0.05, 0) is 26.5 Å². The van der Waals surface area contributed by atoms with Crippen LogP contribution in [0.25, 0.3) is 0 Å². The predicted molar refractivity (Wildman–Crippen MR) is 87.5 cm³/mol. The van der Waals surface area contributed by atoms with Gasteiger partial charge in [-0.25, -0.2) is 17.9 Å². The zero-order valence-corrected chi connectivity index (χ0v) is 14.6. The molecule has 1 aromatic rings. The van der Waals surface area contributed by atoms with Gasteiger partial charge in [0.1, 0.15) is 0 Å². The van der Waals surface area contributed by atoms with Crippen molar-refractivity contribution in [3.8, 4) is 0 Å². The number of nitro benzene ring substituents is 1. The van der Waals surface area contributed by atoms with Gasteiger partial charge in [-0.2, -0.15) is 0 Å². The van der Waals surface area contributed by atoms with Crippen LogP contribution >= 0.6 is 0 Å². The molecule has 0 heterocycles. The molecule has 0 aliphatic rings. The fourth-order valence-corrected chi connectivity index (χ4v) is 3.05. The first-order valence-corrected chi connectivity index (χ1v) is 8.89. The van der Waals surface area contributed by atoms with Crippen LogP contribution in [0.5, 0.6) is 0 Å². The molecule has 0 bridgehead atoms. The zero-order valence-electron chi connectivity index (χ0n) is 13.8. The van der Waals surface area contributed by atoms with Crippen molar-refractivity contribution in [2.45, 2.75) is 25.7 Å². The average molecular weight is 359 g/mol. The van der Waals surface area contributed by atoms with Gasteiger partial charge in [-0.15, -0.1) is 0 Å². The van der Waals surface area contributed by atoms with E-state index in [0.29, 0.717) is 13.1 Å². The van der Waals surface area contributed by atoms with Crippen LogP contribution in [-0.2, 0) is 14.8 Å². The second-order valence-corrected chi connectivity index (χ2v) is 6.61. The second-order valence-electron chi connectivity index (χ2n) is 4.84. The van der Waals surface area contributed by atoms with Crippen molar-refractivity contribution < 1.29 is 22.9 Å². The van der Waals surface area contributed by atoms with Crippen LogP contribution in [0.15, 0.2) is 17.0 Å². The number of hydrogen-bond donors (Lipinski definition) is 2. The number of carbonyl (C=O) groups is 1. The van der Waals surface area contributed by atoms with Crippen LogP contribution in [-0.4, -0.2) is 45.6 Å². The minimum absolute atomic E-state index is 0.0602. The molecule has 0 saturated heterocycles. The van der Waals surface area contributed by atoms with Crippen LogP contribution in [0.2, 0.25) is 0 Å². The molecule has 9 nitrogen and oxygen atoms in total. The van der Waals surface area contributed by atoms with Gasteiger partial charge in [-0.1, -0.05) is 6.92 Å². The molecule has 2 N–H and O–H groups in total. The highest BCUT2D eigenvalue weighted by molar-refractivity contribution is 7.89. The Labute approximate surface area is 140 Å². The van der Waals surface area contributed by atoms with Gasteiger partial charge in [0.2, 0.25) is 10.0 Å². The number of rotatable bonds is 9. The van der Waals surface area contributed by atoms with E-state index in [4.69, 9.17) is 4.74 Å². The van der Waals surface area contributed by atoms with E-state index in [1.165, 1.54) is 6.92 Å². The lowest BCUT2D eigenvalue weighted by molar-refractivity contribution is -0.385. The van der Waals surface area contributed by atoms with Gasteiger partial charge >= 0.3 is 5.97 Å². The molecule has 0 aliphatic heterocycles. The standard InChI is InChI=1S/C14H21N3O6S/c1-4-15-6-7-16-24(21,22)11-8-12(14(18)23-5-2)10(3)13(9-11)17(19)20/h8-9,15-16H,4-7H2,1-3H3. The highest BCUT2D eigenvalue weighted by atomic mass is 32.2. The number of likely N-dealkylation sites (N-methyl/N-ethyl adjacent to an activating group) is 1. The topological polar surface area (TPSA) is 128 Å². The van der Waals surface area contributed by atoms with Crippen molar-refractivity contribution in [2.24, 2.45) is 0 Å². The molecule has 134 valence electrons. The Morgan fingerprint density at radius 3 is 2.50 bits per heavy atom. The fraction of sp³-hybridized carbons (Fsp3) is 0.500. The van der Waals surface area contributed by atoms with Crippen molar-refractivity contribution in [3.63, 3.8) is 0 Å². The van der Waals surface area contributed by atoms with Gasteiger partial charge in [0.25, 0.3) is 5.69 Å². The zero-order chi connectivity index (χ0) is 18.3. The summed E-state index contributed by atoms with van der Waals surface area (Å²) in [5.74, 6) is -0.803. The molecule has 1 rings (SSSR count). The van der Waals surface area contributed by atoms with E-state index in [1.54, 1.807) is 6.92 Å². The quantitative estimate of drug-likeness (QED) is 0.291. The lowest BCUT2D eigenvalue weighted by atomic mass is 10.1. The van der Waals surface area contributed by atoms with E-state index in [0.717, 1.165) is 12.1 Å². The van der Waals surface area contributed by atoms with E-state index >= 15 is 0 Å². The van der Waals surface area contributed by atoms with Crippen LogP contribution in [0, 0.1) is 17.0 Å². The summed E-state index contributed by atoms with van der Waals surface area (Å²) in [5, 5.41) is 14.1. The molecule has 1 aromatic carbocycles. The van der Waals surface area contributed by atoms with Crippen LogP contribution < -0.4 is 10.0 Å². The number of benzene rings is 1. The number of nitrogens with zero attached hydrogens (tertiary/aromatic N) is 1. The third kappa shape index (κ3) is 4.98. The summed E-state index contributed by atoms with van der Waals surface area (Å²) in [5.41, 5.74) is -0.532. The molecule has 0 saturated carbocycles. The molecule has 0 aromatic heterocycles. The molecule has 0 radical (unpaired) electrons. The molecule has 0 amide bonds. The minimum Gasteiger partial charge on any atom is -0.462 e. The van der Waals surface area contributed by atoms with Crippen LogP contribution in [0.4, 0.5) is 5.69 Å². The van der Waals surface area contributed by atoms with E-state index in [2.05, 4.69) is 10.0 Å². The first kappa shape index (κ1) is 20.0. The van der Waals surface area contributed by atoms with E-state index in [-0.39, 0.29) is 29.2 Å². The minimum atomic E-state index is -3.99. The number of hydrogen-bond acceptors (Lipinski definition) is 7. The Balaban J connectivity index is 3.27. The molecule has 10 heteroatoms. The maximum Gasteiger partial charge on any atom is 0.338 e. The SMILES string of the molecule is CCNCCNS(=O)(=O)c1cc(C(=O)OCC)c(C)c([N+](=O)[O-])c1. The van der Waals surface area contributed by atoms with Crippen molar-refractivity contribution in [1.82, 2.24) is 10.0 Å². The number of carbonyl (C=O) groups excluding carboxylic acids is 1. The molecule has 24 heavy (non-hydrogen) atoms. The molecular formula is C14H21N3O6S. The van der Waals surface area contributed by atoms with Crippen molar-refractivity contribution in [3.05, 3.63) is 33.4 Å². The maximum absolute atomic E-state index is 12.3. The maximum atomic E-state index is 12.3. The Morgan fingerprint density at radius 2 is 1.96 bits per heavy atom. The number of ether oxygens (including phenoxy) is 1. The van der Waals surface area contributed by atoms with Crippen molar-refractivity contribution in [2.75, 3.05) is 26.2 Å². The third-order valence-electron chi connectivity index (χ3n) is 3.20. The average Bonchev–Trinajstić information content (AvgIpc) is 2.51. The van der Waals surface area contributed by atoms with Gasteiger partial charge < -0.3 is 10.1 Å². The number of esters is 1. The largest absolute Gasteiger partial charge is 0.462 e. The monoisotopic (exact) mass is 359 g/mol. The summed E-state index contributed by atoms with van der Waals surface area (Å²) >= 11 is 0. The lowest BCUT2D eigenvalue weighted by Gasteiger charge is -2.11. The number of nitrogens with one attached hydrogen (secondary N) is 2. The summed E-state index contributed by atoms with van der Waals surface area (Å²) in [4.78, 5) is 22.0. The Hall–Kier alpha value is -2.04. The fourth-order valence-electron chi connectivity index (χ4n) is 1.97. The van der Waals surface area contributed by atoms with Gasteiger partial charge in [-0.3, -0.25) is 10.1 Å². The highest BCUT2D eigenvalue weighted by Gasteiger charge is 2.26. The summed E-state index contributed by atoms with van der Waals surface area (Å²) in [7, 11) is -3.99. The highest BCUT2D eigenvalue weighted by Crippen LogP contribution is 2.27. The van der Waals surface area contributed by atoms with Gasteiger partial charge in [0.05, 0.1) is 22.0 Å². The number of sulfonamides is 1. The summed E-state index contributed by atoms with van der Waals surface area (Å²) in [6.45, 7) is 6.13. The second kappa shape index (κ2) is 8.71. The molecule has 0 fully saturated rings. The molecule has 0 aliphatic carbocycles. The molecule has 0 spiro atoms. The van der Waals surface area contributed by atoms with E-state index < -0.39 is 26.6 Å². The number of nitro groups is 1. The Bertz CT molecular complexity index is 717. The normalized spacial score (nSPS) is 11.3. The lowest BCUT2D eigenvalue weighted by Crippen LogP contribution is -2.32. The predicted octanol–water partition coefficient (Wildman–Crippen LogP) is 0.968. The molecule has 0 unspecified atom stereocenters. The van der Waals surface area contributed by atoms with E-state index in [9.17, 15) is 23.3 Å². The van der Waals surface area contributed by atoms with Gasteiger partial charge in [0.15, 0.2) is 0 Å². The summed E-state index contributed by atoms with van der Waals surface area (Å²) < 4.78 is 31.8. The summed E-state index contributed by atoms with van der Waals surface area (Å²) in [6.07, 6.45) is 0. The smallest absolute Gasteiger partial charge is 0.338 e. The summed E-state index contributed by atoms with van der Waals surface area (Å²) in [6, 6.07) is 2.03. The first-order chi connectivity index (χ1) is 11.2. The van der Waals surface area contributed by atoms with Crippen molar-refractivity contribution >= 4 is 21.7 Å². The third-order valence-corrected chi connectivity index (χ3v) is 4.64. The molecule has 0 atom stereocenters. The van der Waals surface area contributed by atoms with E-state index in [1.807, 2.05) is 6.92 Å². The Morgan fingerprint density at radius 1 is 1.29 bits per heavy atom. The van der Waals surface area contributed by atoms with Gasteiger partial charge in [0, 0.05) is 24.7 Å². The van der Waals surface area contributed by atoms with Crippen LogP contribution in [0.3, 0.4) is 0 Å². The first-order valence-electron chi connectivity index (χ1n) is 7.41. The van der Waals surface area contributed by atoms with Crippen molar-refractivity contribution in [1.29, 1.82) is 0 Å². The Kier molecular flexibility index (Phi) is 7.26.